The summed E-state index contributed by atoms with van der Waals surface area (Å²) in [5.74, 6) is 0.0875. The minimum absolute atomic E-state index is 0.286. The highest BCUT2D eigenvalue weighted by atomic mass is 35.5. The lowest BCUT2D eigenvalue weighted by Crippen LogP contribution is -2.29. The molecule has 0 saturated heterocycles. The number of hydrogen-bond acceptors (Lipinski definition) is 3. The fourth-order valence-electron chi connectivity index (χ4n) is 3.01. The zero-order chi connectivity index (χ0) is 21.7. The second-order valence-electron chi connectivity index (χ2n) is 6.82. The standard InChI is InChI=1S/C23H21ClFN3O2/c1-28(2)23(29)27-14-19-9-7-15(13-26-19)11-17-8-10-20(30-3)21(22(17)25)16-5-4-6-18(24)12-16/h4-10,12-13H,1,11,14H2,2-3H3/p+1. The monoisotopic (exact) mass is 426 g/mol. The SMILES string of the molecule is C=[N+](C)C(=O)NCc1ccc(Cc2ccc(OC)c(-c3cccc(Cl)c3)c2F)cn1. The number of nitrogens with one attached hydrogen (secondary N) is 1. The molecular weight excluding hydrogens is 405 g/mol. The number of benzene rings is 2. The lowest BCUT2D eigenvalue weighted by molar-refractivity contribution is -0.384. The van der Waals surface area contributed by atoms with Crippen LogP contribution in [0.3, 0.4) is 0 Å². The Bertz CT molecular complexity index is 1080. The van der Waals surface area contributed by atoms with Gasteiger partial charge in [-0.2, -0.15) is 4.79 Å². The van der Waals surface area contributed by atoms with Crippen LogP contribution < -0.4 is 10.1 Å². The van der Waals surface area contributed by atoms with E-state index in [-0.39, 0.29) is 18.4 Å². The molecule has 0 aliphatic rings. The molecule has 1 N–H and O–H groups in total. The van der Waals surface area contributed by atoms with Crippen LogP contribution in [-0.2, 0) is 13.0 Å². The number of carbonyl (C=O) groups excluding carboxylic acids is 1. The van der Waals surface area contributed by atoms with Crippen LogP contribution >= 0.6 is 11.6 Å². The highest BCUT2D eigenvalue weighted by Crippen LogP contribution is 2.36. The first-order valence-corrected chi connectivity index (χ1v) is 9.64. The van der Waals surface area contributed by atoms with Crippen molar-refractivity contribution in [1.82, 2.24) is 10.3 Å². The van der Waals surface area contributed by atoms with E-state index in [2.05, 4.69) is 17.0 Å². The van der Waals surface area contributed by atoms with Gasteiger partial charge >= 0.3 is 6.03 Å². The molecule has 0 aliphatic heterocycles. The van der Waals surface area contributed by atoms with E-state index in [9.17, 15) is 4.79 Å². The Morgan fingerprint density at radius 1 is 1.27 bits per heavy atom. The molecule has 30 heavy (non-hydrogen) atoms. The minimum atomic E-state index is -0.355. The molecule has 0 atom stereocenters. The summed E-state index contributed by atoms with van der Waals surface area (Å²) in [7, 11) is 3.07. The van der Waals surface area contributed by atoms with Gasteiger partial charge < -0.3 is 4.74 Å². The maximum atomic E-state index is 15.4. The number of methoxy groups -OCH3 is 1. The van der Waals surface area contributed by atoms with E-state index in [0.29, 0.717) is 39.6 Å². The number of carbonyl (C=O) groups is 1. The van der Waals surface area contributed by atoms with Crippen molar-refractivity contribution in [2.45, 2.75) is 13.0 Å². The Kier molecular flexibility index (Phi) is 6.79. The van der Waals surface area contributed by atoms with E-state index < -0.39 is 0 Å². The van der Waals surface area contributed by atoms with Gasteiger partial charge in [-0.1, -0.05) is 35.9 Å². The van der Waals surface area contributed by atoms with Gasteiger partial charge in [0.25, 0.3) is 0 Å². The second kappa shape index (κ2) is 9.50. The van der Waals surface area contributed by atoms with Crippen LogP contribution in [0.4, 0.5) is 9.18 Å². The third-order valence-corrected chi connectivity index (χ3v) is 4.80. The Morgan fingerprint density at radius 2 is 2.07 bits per heavy atom. The molecule has 7 heteroatoms. The van der Waals surface area contributed by atoms with Crippen molar-refractivity contribution >= 4 is 24.3 Å². The smallest absolute Gasteiger partial charge is 0.490 e. The van der Waals surface area contributed by atoms with Gasteiger partial charge in [0.15, 0.2) is 0 Å². The zero-order valence-corrected chi connectivity index (χ0v) is 17.5. The Balaban J connectivity index is 1.82. The molecule has 154 valence electrons. The van der Waals surface area contributed by atoms with Gasteiger partial charge in [0.1, 0.15) is 18.1 Å². The molecule has 1 heterocycles. The second-order valence-corrected chi connectivity index (χ2v) is 7.25. The van der Waals surface area contributed by atoms with Crippen LogP contribution in [0.25, 0.3) is 11.1 Å². The van der Waals surface area contributed by atoms with E-state index in [1.807, 2.05) is 6.07 Å². The van der Waals surface area contributed by atoms with Crippen molar-refractivity contribution in [1.29, 1.82) is 0 Å². The van der Waals surface area contributed by atoms with E-state index >= 15 is 4.39 Å². The molecule has 0 spiro atoms. The van der Waals surface area contributed by atoms with E-state index in [0.717, 1.165) is 5.56 Å². The maximum Gasteiger partial charge on any atom is 0.490 e. The number of ether oxygens (including phenoxy) is 1. The van der Waals surface area contributed by atoms with Gasteiger partial charge in [-0.3, -0.25) is 4.98 Å². The molecule has 0 fully saturated rings. The Morgan fingerprint density at radius 3 is 2.70 bits per heavy atom. The minimum Gasteiger partial charge on any atom is -0.496 e. The summed E-state index contributed by atoms with van der Waals surface area (Å²) < 4.78 is 22.0. The molecule has 3 aromatic rings. The topological polar surface area (TPSA) is 54.2 Å². The van der Waals surface area contributed by atoms with Crippen molar-refractivity contribution in [2.24, 2.45) is 0 Å². The summed E-state index contributed by atoms with van der Waals surface area (Å²) in [5.41, 5.74) is 3.09. The lowest BCUT2D eigenvalue weighted by atomic mass is 9.97. The Labute approximate surface area is 179 Å². The van der Waals surface area contributed by atoms with E-state index in [4.69, 9.17) is 16.3 Å². The fourth-order valence-corrected chi connectivity index (χ4v) is 3.20. The first-order valence-electron chi connectivity index (χ1n) is 9.26. The predicted molar refractivity (Wildman–Crippen MR) is 116 cm³/mol. The summed E-state index contributed by atoms with van der Waals surface area (Å²) in [6.45, 7) is 3.80. The number of aromatic nitrogens is 1. The zero-order valence-electron chi connectivity index (χ0n) is 16.8. The van der Waals surface area contributed by atoms with Gasteiger partial charge in [-0.05, 0) is 41.0 Å². The largest absolute Gasteiger partial charge is 0.496 e. The molecule has 0 aliphatic carbocycles. The van der Waals surface area contributed by atoms with Gasteiger partial charge in [0, 0.05) is 17.6 Å². The summed E-state index contributed by atoms with van der Waals surface area (Å²) >= 11 is 6.09. The number of hydrogen-bond donors (Lipinski definition) is 1. The van der Waals surface area contributed by atoms with Crippen molar-refractivity contribution in [3.05, 3.63) is 82.4 Å². The molecule has 0 radical (unpaired) electrons. The first-order chi connectivity index (χ1) is 14.4. The van der Waals surface area contributed by atoms with Gasteiger partial charge in [-0.25, -0.2) is 14.3 Å². The van der Waals surface area contributed by atoms with Crippen molar-refractivity contribution in [3.8, 4) is 16.9 Å². The fraction of sp³-hybridized carbons (Fsp3) is 0.174. The van der Waals surface area contributed by atoms with Crippen LogP contribution in [0, 0.1) is 5.82 Å². The lowest BCUT2D eigenvalue weighted by Gasteiger charge is -2.14. The van der Waals surface area contributed by atoms with Gasteiger partial charge in [-0.15, -0.1) is 0 Å². The molecule has 2 aromatic carbocycles. The molecule has 0 bridgehead atoms. The van der Waals surface area contributed by atoms with Crippen LogP contribution in [0.1, 0.15) is 16.8 Å². The summed E-state index contributed by atoms with van der Waals surface area (Å²) in [4.78, 5) is 15.9. The third kappa shape index (κ3) is 5.02. The highest BCUT2D eigenvalue weighted by molar-refractivity contribution is 6.30. The van der Waals surface area contributed by atoms with Crippen LogP contribution in [0.2, 0.25) is 5.02 Å². The predicted octanol–water partition coefficient (Wildman–Crippen LogP) is 4.69. The first kappa shape index (κ1) is 21.5. The summed E-state index contributed by atoms with van der Waals surface area (Å²) in [5, 5.41) is 3.22. The molecule has 0 saturated carbocycles. The number of pyridine rings is 1. The Hall–Kier alpha value is -3.25. The average molecular weight is 427 g/mol. The average Bonchev–Trinajstić information content (AvgIpc) is 2.74. The molecular formula is C23H22ClFN3O2+. The van der Waals surface area contributed by atoms with Crippen molar-refractivity contribution in [2.75, 3.05) is 14.2 Å². The van der Waals surface area contributed by atoms with Crippen molar-refractivity contribution < 1.29 is 18.5 Å². The normalized spacial score (nSPS) is 10.5. The van der Waals surface area contributed by atoms with Crippen LogP contribution in [0.5, 0.6) is 5.75 Å². The number of amides is 2. The molecule has 5 nitrogen and oxygen atoms in total. The van der Waals surface area contributed by atoms with Gasteiger partial charge in [0.05, 0.1) is 32.1 Å². The van der Waals surface area contributed by atoms with Crippen molar-refractivity contribution in [3.63, 3.8) is 0 Å². The van der Waals surface area contributed by atoms with Crippen LogP contribution in [0.15, 0.2) is 54.7 Å². The maximum absolute atomic E-state index is 15.4. The quantitative estimate of drug-likeness (QED) is 0.459. The number of nitrogens with zero attached hydrogens (tertiary/aromatic N) is 2. The van der Waals surface area contributed by atoms with Gasteiger partial charge in [0.2, 0.25) is 0 Å². The van der Waals surface area contributed by atoms with E-state index in [1.54, 1.807) is 55.7 Å². The molecule has 3 rings (SSSR count). The number of halogens is 2. The summed E-state index contributed by atoms with van der Waals surface area (Å²) in [6, 6.07) is 13.9. The van der Waals surface area contributed by atoms with E-state index in [1.165, 1.54) is 11.7 Å². The molecule has 0 unspecified atom stereocenters. The molecule has 1 aromatic heterocycles. The number of rotatable bonds is 6. The summed E-state index contributed by atoms with van der Waals surface area (Å²) in [6.07, 6.45) is 2.04. The third-order valence-electron chi connectivity index (χ3n) is 4.56. The number of urea groups is 1. The van der Waals surface area contributed by atoms with Crippen LogP contribution in [-0.4, -0.2) is 36.5 Å². The molecule has 2 amide bonds. The highest BCUT2D eigenvalue weighted by Gasteiger charge is 2.17.